The summed E-state index contributed by atoms with van der Waals surface area (Å²) >= 11 is 13.4. The van der Waals surface area contributed by atoms with Gasteiger partial charge in [0.05, 0.1) is 5.02 Å². The molecule has 32 heavy (non-hydrogen) atoms. The Bertz CT molecular complexity index is 1140. The van der Waals surface area contributed by atoms with E-state index < -0.39 is 6.10 Å². The lowest BCUT2D eigenvalue weighted by Gasteiger charge is -2.16. The molecule has 0 spiro atoms. The number of carbonyl (C=O) groups excluding carboxylic acids is 2. The third-order valence-electron chi connectivity index (χ3n) is 4.23. The molecule has 0 saturated heterocycles. The van der Waals surface area contributed by atoms with Gasteiger partial charge in [-0.15, -0.1) is 0 Å². The second kappa shape index (κ2) is 11.3. The second-order valence-corrected chi connectivity index (χ2v) is 8.74. The molecule has 0 fully saturated rings. The lowest BCUT2D eigenvalue weighted by atomic mass is 10.2. The predicted molar refractivity (Wildman–Crippen MR) is 139 cm³/mol. The molecule has 0 bridgehead atoms. The highest BCUT2D eigenvalue weighted by molar-refractivity contribution is 14.1. The molecule has 0 aliphatic carbocycles. The number of nitrogens with one attached hydrogen (secondary N) is 3. The highest BCUT2D eigenvalue weighted by Crippen LogP contribution is 2.24. The average Bonchev–Trinajstić information content (AvgIpc) is 2.76. The van der Waals surface area contributed by atoms with E-state index in [-0.39, 0.29) is 16.9 Å². The van der Waals surface area contributed by atoms with Gasteiger partial charge in [0.2, 0.25) is 0 Å². The number of thiocarbonyl (C=S) groups is 1. The van der Waals surface area contributed by atoms with Gasteiger partial charge in [0, 0.05) is 20.5 Å². The summed E-state index contributed by atoms with van der Waals surface area (Å²) in [5, 5.41) is 8.98. The Kier molecular flexibility index (Phi) is 8.43. The minimum absolute atomic E-state index is 0.174. The van der Waals surface area contributed by atoms with Crippen molar-refractivity contribution in [3.8, 4) is 5.75 Å². The van der Waals surface area contributed by atoms with Crippen molar-refractivity contribution in [1.29, 1.82) is 0 Å². The molecule has 0 radical (unpaired) electrons. The molecule has 3 rings (SSSR count). The van der Waals surface area contributed by atoms with E-state index in [2.05, 4.69) is 38.5 Å². The van der Waals surface area contributed by atoms with Crippen LogP contribution in [0.25, 0.3) is 0 Å². The summed E-state index contributed by atoms with van der Waals surface area (Å²) in [5.41, 5.74) is 1.77. The number of hydrogen-bond acceptors (Lipinski definition) is 4. The topological polar surface area (TPSA) is 79.5 Å². The van der Waals surface area contributed by atoms with Crippen LogP contribution in [-0.2, 0) is 4.79 Å². The molecule has 164 valence electrons. The normalized spacial score (nSPS) is 11.2. The summed E-state index contributed by atoms with van der Waals surface area (Å²) in [6.07, 6.45) is -0.739. The number of hydrogen-bond donors (Lipinski definition) is 3. The van der Waals surface area contributed by atoms with E-state index in [9.17, 15) is 9.59 Å². The molecule has 1 atom stereocenters. The van der Waals surface area contributed by atoms with Gasteiger partial charge in [0.1, 0.15) is 5.75 Å². The lowest BCUT2D eigenvalue weighted by molar-refractivity contribution is -0.122. The van der Waals surface area contributed by atoms with Crippen molar-refractivity contribution in [2.24, 2.45) is 0 Å². The minimum atomic E-state index is -0.739. The largest absolute Gasteiger partial charge is 0.479 e. The first-order valence-corrected chi connectivity index (χ1v) is 11.4. The smallest absolute Gasteiger partial charge is 0.265 e. The number of benzene rings is 3. The lowest BCUT2D eigenvalue weighted by Crippen LogP contribution is -2.34. The maximum absolute atomic E-state index is 12.4. The fourth-order valence-electron chi connectivity index (χ4n) is 2.63. The summed E-state index contributed by atoms with van der Waals surface area (Å²) in [5.74, 6) is -0.166. The van der Waals surface area contributed by atoms with Gasteiger partial charge in [0.15, 0.2) is 11.2 Å². The molecule has 3 aromatic rings. The highest BCUT2D eigenvalue weighted by atomic mass is 127. The van der Waals surface area contributed by atoms with E-state index in [0.29, 0.717) is 27.7 Å². The molecule has 3 aromatic carbocycles. The molecule has 3 N–H and O–H groups in total. The second-order valence-electron chi connectivity index (χ2n) is 6.68. The summed E-state index contributed by atoms with van der Waals surface area (Å²) in [6, 6.07) is 21.1. The van der Waals surface area contributed by atoms with Crippen LogP contribution in [0.4, 0.5) is 11.4 Å². The van der Waals surface area contributed by atoms with E-state index in [1.807, 2.05) is 6.07 Å². The van der Waals surface area contributed by atoms with E-state index in [1.54, 1.807) is 73.7 Å². The van der Waals surface area contributed by atoms with Crippen molar-refractivity contribution >= 4 is 74.7 Å². The van der Waals surface area contributed by atoms with Crippen LogP contribution in [0.2, 0.25) is 5.02 Å². The van der Waals surface area contributed by atoms with Gasteiger partial charge in [-0.05, 0) is 96.3 Å². The van der Waals surface area contributed by atoms with Crippen LogP contribution < -0.4 is 20.7 Å². The molecular weight excluding hydrogens is 561 g/mol. The molecule has 1 unspecified atom stereocenters. The maximum Gasteiger partial charge on any atom is 0.265 e. The van der Waals surface area contributed by atoms with Crippen molar-refractivity contribution in [3.05, 3.63) is 87.0 Å². The maximum atomic E-state index is 12.4. The molecule has 9 heteroatoms. The third kappa shape index (κ3) is 6.91. The Morgan fingerprint density at radius 3 is 2.28 bits per heavy atom. The number of rotatable bonds is 6. The molecule has 0 aliphatic heterocycles. The Labute approximate surface area is 209 Å². The van der Waals surface area contributed by atoms with Crippen molar-refractivity contribution < 1.29 is 14.3 Å². The van der Waals surface area contributed by atoms with E-state index >= 15 is 0 Å². The van der Waals surface area contributed by atoms with Gasteiger partial charge in [-0.2, -0.15) is 0 Å². The van der Waals surface area contributed by atoms with Crippen LogP contribution in [0.5, 0.6) is 5.75 Å². The minimum Gasteiger partial charge on any atom is -0.479 e. The molecule has 0 aliphatic rings. The van der Waals surface area contributed by atoms with Gasteiger partial charge in [-0.1, -0.05) is 29.8 Å². The van der Waals surface area contributed by atoms with Gasteiger partial charge < -0.3 is 15.4 Å². The quantitative estimate of drug-likeness (QED) is 0.266. The van der Waals surface area contributed by atoms with Crippen molar-refractivity contribution in [1.82, 2.24) is 5.32 Å². The monoisotopic (exact) mass is 579 g/mol. The Morgan fingerprint density at radius 1 is 0.969 bits per heavy atom. The fraction of sp³-hybridized carbons (Fsp3) is 0.0870. The number of ether oxygens (including phenoxy) is 1. The third-order valence-corrected chi connectivity index (χ3v) is 5.42. The Balaban J connectivity index is 1.52. The van der Waals surface area contributed by atoms with Gasteiger partial charge in [-0.3, -0.25) is 14.9 Å². The van der Waals surface area contributed by atoms with Crippen molar-refractivity contribution in [2.45, 2.75) is 13.0 Å². The number of anilines is 2. The summed E-state index contributed by atoms with van der Waals surface area (Å²) in [4.78, 5) is 24.7. The van der Waals surface area contributed by atoms with Crippen LogP contribution in [-0.4, -0.2) is 23.0 Å². The zero-order valence-corrected chi connectivity index (χ0v) is 20.6. The van der Waals surface area contributed by atoms with Gasteiger partial charge >= 0.3 is 0 Å². The number of halogens is 2. The summed E-state index contributed by atoms with van der Waals surface area (Å²) < 4.78 is 6.58. The van der Waals surface area contributed by atoms with Crippen LogP contribution in [0.15, 0.2) is 72.8 Å². The zero-order valence-electron chi connectivity index (χ0n) is 16.9. The van der Waals surface area contributed by atoms with Crippen molar-refractivity contribution in [3.63, 3.8) is 0 Å². The molecule has 0 saturated carbocycles. The van der Waals surface area contributed by atoms with Crippen LogP contribution >= 0.6 is 46.4 Å². The Hall–Kier alpha value is -2.69. The molecule has 6 nitrogen and oxygen atoms in total. The highest BCUT2D eigenvalue weighted by Gasteiger charge is 2.16. The van der Waals surface area contributed by atoms with Crippen molar-refractivity contribution in [2.75, 3.05) is 10.6 Å². The Morgan fingerprint density at radius 2 is 1.62 bits per heavy atom. The average molecular weight is 580 g/mol. The number of para-hydroxylation sites is 1. The van der Waals surface area contributed by atoms with Crippen LogP contribution in [0.1, 0.15) is 17.3 Å². The summed E-state index contributed by atoms with van der Waals surface area (Å²) in [6.45, 7) is 1.64. The standard InChI is InChI=1S/C23H19ClIN3O3S/c1-14(31-20-8-3-2-7-19(20)24)21(29)26-17-9-11-18(12-10-17)27-23(32)28-22(30)15-5-4-6-16(25)13-15/h2-14H,1H3,(H,26,29)(H2,27,28,30,32). The molecule has 2 amide bonds. The van der Waals surface area contributed by atoms with Crippen LogP contribution in [0.3, 0.4) is 0 Å². The van der Waals surface area contributed by atoms with E-state index in [4.69, 9.17) is 28.6 Å². The van der Waals surface area contributed by atoms with E-state index in [0.717, 1.165) is 3.57 Å². The first kappa shape index (κ1) is 24.0. The zero-order chi connectivity index (χ0) is 23.1. The molecular formula is C23H19ClIN3O3S. The van der Waals surface area contributed by atoms with Gasteiger partial charge in [-0.25, -0.2) is 0 Å². The van der Waals surface area contributed by atoms with E-state index in [1.165, 1.54) is 0 Å². The van der Waals surface area contributed by atoms with Gasteiger partial charge in [0.25, 0.3) is 11.8 Å². The summed E-state index contributed by atoms with van der Waals surface area (Å²) in [7, 11) is 0. The molecule has 0 heterocycles. The fourth-order valence-corrected chi connectivity index (χ4v) is 3.57. The first-order chi connectivity index (χ1) is 15.3. The van der Waals surface area contributed by atoms with Crippen LogP contribution in [0, 0.1) is 3.57 Å². The SMILES string of the molecule is CC(Oc1ccccc1Cl)C(=O)Nc1ccc(NC(=S)NC(=O)c2cccc(I)c2)cc1. The molecule has 0 aromatic heterocycles. The predicted octanol–water partition coefficient (Wildman–Crippen LogP) is 5.48. The number of amides is 2. The first-order valence-electron chi connectivity index (χ1n) is 9.52. The number of carbonyl (C=O) groups is 2.